The Morgan fingerprint density at radius 2 is 2.06 bits per heavy atom. The van der Waals surface area contributed by atoms with Crippen molar-refractivity contribution in [2.24, 2.45) is 11.7 Å². The molecular weight excluding hydrogens is 232 g/mol. The molecule has 100 valence electrons. The van der Waals surface area contributed by atoms with Gasteiger partial charge >= 0.3 is 0 Å². The lowest BCUT2D eigenvalue weighted by Crippen LogP contribution is -2.35. The van der Waals surface area contributed by atoms with Crippen LogP contribution in [0.15, 0.2) is 24.3 Å². The molecule has 0 aromatic heterocycles. The Labute approximate surface area is 107 Å². The highest BCUT2D eigenvalue weighted by Gasteiger charge is 2.13. The average Bonchev–Trinajstić information content (AvgIpc) is 2.43. The SMILES string of the molecule is COc1ccc(C(O)CNC(=O)C(C)CN)cc1. The van der Waals surface area contributed by atoms with Crippen LogP contribution in [0.4, 0.5) is 0 Å². The Hall–Kier alpha value is -1.59. The standard InChI is InChI=1S/C13H20N2O3/c1-9(7-14)13(17)15-8-12(16)10-3-5-11(18-2)6-4-10/h3-6,9,12,16H,7-8,14H2,1-2H3,(H,15,17). The first-order valence-electron chi connectivity index (χ1n) is 5.88. The maximum absolute atomic E-state index is 11.5. The van der Waals surface area contributed by atoms with Gasteiger partial charge in [-0.2, -0.15) is 0 Å². The second-order valence-corrected chi connectivity index (χ2v) is 4.17. The zero-order valence-electron chi connectivity index (χ0n) is 10.7. The zero-order valence-corrected chi connectivity index (χ0v) is 10.7. The molecule has 0 bridgehead atoms. The van der Waals surface area contributed by atoms with E-state index in [1.54, 1.807) is 38.3 Å². The molecule has 1 amide bonds. The number of methoxy groups -OCH3 is 1. The number of carbonyl (C=O) groups excluding carboxylic acids is 1. The highest BCUT2D eigenvalue weighted by Crippen LogP contribution is 2.16. The molecule has 0 saturated carbocycles. The van der Waals surface area contributed by atoms with Crippen molar-refractivity contribution < 1.29 is 14.6 Å². The Morgan fingerprint density at radius 3 is 2.56 bits per heavy atom. The summed E-state index contributed by atoms with van der Waals surface area (Å²) >= 11 is 0. The quantitative estimate of drug-likeness (QED) is 0.686. The molecule has 0 saturated heterocycles. The van der Waals surface area contributed by atoms with E-state index in [1.807, 2.05) is 0 Å². The van der Waals surface area contributed by atoms with E-state index in [0.717, 1.165) is 11.3 Å². The van der Waals surface area contributed by atoms with E-state index >= 15 is 0 Å². The predicted molar refractivity (Wildman–Crippen MR) is 69.2 cm³/mol. The Bertz CT molecular complexity index is 378. The minimum Gasteiger partial charge on any atom is -0.497 e. The summed E-state index contributed by atoms with van der Waals surface area (Å²) in [6.07, 6.45) is -0.732. The summed E-state index contributed by atoms with van der Waals surface area (Å²) < 4.78 is 5.03. The number of benzene rings is 1. The van der Waals surface area contributed by atoms with Gasteiger partial charge in [0.1, 0.15) is 5.75 Å². The molecule has 1 aromatic rings. The summed E-state index contributed by atoms with van der Waals surface area (Å²) in [4.78, 5) is 11.5. The molecule has 18 heavy (non-hydrogen) atoms. The van der Waals surface area contributed by atoms with Gasteiger partial charge in [0.05, 0.1) is 13.2 Å². The molecule has 5 heteroatoms. The molecule has 0 aliphatic rings. The molecule has 0 spiro atoms. The fourth-order valence-electron chi connectivity index (χ4n) is 1.42. The average molecular weight is 252 g/mol. The lowest BCUT2D eigenvalue weighted by atomic mass is 10.1. The van der Waals surface area contributed by atoms with Crippen molar-refractivity contribution in [2.45, 2.75) is 13.0 Å². The van der Waals surface area contributed by atoms with Crippen molar-refractivity contribution in [1.29, 1.82) is 0 Å². The van der Waals surface area contributed by atoms with E-state index in [2.05, 4.69) is 5.32 Å². The molecule has 1 aromatic carbocycles. The van der Waals surface area contributed by atoms with Gasteiger partial charge in [-0.1, -0.05) is 19.1 Å². The van der Waals surface area contributed by atoms with Gasteiger partial charge in [0.15, 0.2) is 0 Å². The van der Waals surface area contributed by atoms with Crippen molar-refractivity contribution in [3.63, 3.8) is 0 Å². The summed E-state index contributed by atoms with van der Waals surface area (Å²) in [6.45, 7) is 2.22. The fraction of sp³-hybridized carbons (Fsp3) is 0.462. The van der Waals surface area contributed by atoms with Gasteiger partial charge in [0.2, 0.25) is 5.91 Å². The van der Waals surface area contributed by atoms with Crippen LogP contribution in [-0.4, -0.2) is 31.2 Å². The Morgan fingerprint density at radius 1 is 1.44 bits per heavy atom. The summed E-state index contributed by atoms with van der Waals surface area (Å²) in [6, 6.07) is 7.07. The van der Waals surface area contributed by atoms with Crippen LogP contribution in [0.5, 0.6) is 5.75 Å². The second kappa shape index (κ2) is 6.98. The van der Waals surface area contributed by atoms with Gasteiger partial charge in [0, 0.05) is 19.0 Å². The Kier molecular flexibility index (Phi) is 5.61. The van der Waals surface area contributed by atoms with Crippen molar-refractivity contribution in [3.05, 3.63) is 29.8 Å². The molecule has 0 heterocycles. The molecule has 2 atom stereocenters. The summed E-state index contributed by atoms with van der Waals surface area (Å²) in [5, 5.41) is 12.6. The molecule has 0 aliphatic carbocycles. The molecule has 0 radical (unpaired) electrons. The molecule has 0 aliphatic heterocycles. The number of rotatable bonds is 6. The van der Waals surface area contributed by atoms with E-state index in [4.69, 9.17) is 10.5 Å². The van der Waals surface area contributed by atoms with Crippen LogP contribution in [0.2, 0.25) is 0 Å². The number of hydrogen-bond acceptors (Lipinski definition) is 4. The number of nitrogens with one attached hydrogen (secondary N) is 1. The third-order valence-electron chi connectivity index (χ3n) is 2.77. The van der Waals surface area contributed by atoms with Gasteiger partial charge < -0.3 is 20.9 Å². The predicted octanol–water partition coefficient (Wildman–Crippen LogP) is 0.440. The van der Waals surface area contributed by atoms with E-state index < -0.39 is 6.10 Å². The van der Waals surface area contributed by atoms with E-state index in [-0.39, 0.29) is 18.4 Å². The number of carbonyl (C=O) groups is 1. The van der Waals surface area contributed by atoms with E-state index in [0.29, 0.717) is 6.54 Å². The van der Waals surface area contributed by atoms with Crippen LogP contribution in [0.3, 0.4) is 0 Å². The maximum Gasteiger partial charge on any atom is 0.224 e. The smallest absolute Gasteiger partial charge is 0.224 e. The zero-order chi connectivity index (χ0) is 13.5. The molecular formula is C13H20N2O3. The molecule has 0 fully saturated rings. The number of hydrogen-bond donors (Lipinski definition) is 3. The summed E-state index contributed by atoms with van der Waals surface area (Å²) in [5.41, 5.74) is 6.12. The molecule has 5 nitrogen and oxygen atoms in total. The van der Waals surface area contributed by atoms with Crippen LogP contribution in [0, 0.1) is 5.92 Å². The van der Waals surface area contributed by atoms with E-state index in [1.165, 1.54) is 0 Å². The number of aliphatic hydroxyl groups excluding tert-OH is 1. The third-order valence-corrected chi connectivity index (χ3v) is 2.77. The van der Waals surface area contributed by atoms with Crippen molar-refractivity contribution in [3.8, 4) is 5.75 Å². The number of ether oxygens (including phenoxy) is 1. The first kappa shape index (κ1) is 14.5. The van der Waals surface area contributed by atoms with Gasteiger partial charge in [-0.25, -0.2) is 0 Å². The summed E-state index contributed by atoms with van der Waals surface area (Å²) in [7, 11) is 1.58. The van der Waals surface area contributed by atoms with Gasteiger partial charge in [-0.3, -0.25) is 4.79 Å². The maximum atomic E-state index is 11.5. The summed E-state index contributed by atoms with van der Waals surface area (Å²) in [5.74, 6) is 0.338. The highest BCUT2D eigenvalue weighted by atomic mass is 16.5. The largest absolute Gasteiger partial charge is 0.497 e. The molecule has 1 rings (SSSR count). The lowest BCUT2D eigenvalue weighted by molar-refractivity contribution is -0.124. The topological polar surface area (TPSA) is 84.6 Å². The Balaban J connectivity index is 2.49. The van der Waals surface area contributed by atoms with Crippen molar-refractivity contribution >= 4 is 5.91 Å². The first-order chi connectivity index (χ1) is 8.58. The molecule has 4 N–H and O–H groups in total. The van der Waals surface area contributed by atoms with Crippen molar-refractivity contribution in [1.82, 2.24) is 5.32 Å². The van der Waals surface area contributed by atoms with Gasteiger partial charge in [0.25, 0.3) is 0 Å². The van der Waals surface area contributed by atoms with Crippen LogP contribution in [-0.2, 0) is 4.79 Å². The highest BCUT2D eigenvalue weighted by molar-refractivity contribution is 5.78. The third kappa shape index (κ3) is 4.01. The minimum atomic E-state index is -0.732. The first-order valence-corrected chi connectivity index (χ1v) is 5.88. The normalized spacial score (nSPS) is 13.8. The lowest BCUT2D eigenvalue weighted by Gasteiger charge is -2.14. The van der Waals surface area contributed by atoms with Crippen LogP contribution < -0.4 is 15.8 Å². The second-order valence-electron chi connectivity index (χ2n) is 4.17. The molecule has 2 unspecified atom stereocenters. The van der Waals surface area contributed by atoms with Crippen molar-refractivity contribution in [2.75, 3.05) is 20.2 Å². The number of aliphatic hydroxyl groups is 1. The fourth-order valence-corrected chi connectivity index (χ4v) is 1.42. The monoisotopic (exact) mass is 252 g/mol. The van der Waals surface area contributed by atoms with Gasteiger partial charge in [-0.15, -0.1) is 0 Å². The van der Waals surface area contributed by atoms with Crippen LogP contribution >= 0.6 is 0 Å². The van der Waals surface area contributed by atoms with Crippen LogP contribution in [0.1, 0.15) is 18.6 Å². The number of amides is 1. The number of nitrogens with two attached hydrogens (primary N) is 1. The van der Waals surface area contributed by atoms with Crippen LogP contribution in [0.25, 0.3) is 0 Å². The van der Waals surface area contributed by atoms with Gasteiger partial charge in [-0.05, 0) is 17.7 Å². The minimum absolute atomic E-state index is 0.148. The van der Waals surface area contributed by atoms with E-state index in [9.17, 15) is 9.90 Å².